The molecule has 2 aliphatic heterocycles. The Bertz CT molecular complexity index is 2610. The molecule has 0 unspecified atom stereocenters. The highest BCUT2D eigenvalue weighted by Crippen LogP contribution is 2.65. The number of fused-ring (bicyclic) bond motifs is 4. The predicted octanol–water partition coefficient (Wildman–Crippen LogP) is 8.44. The van der Waals surface area contributed by atoms with E-state index in [2.05, 4.69) is 5.43 Å². The van der Waals surface area contributed by atoms with E-state index in [0.29, 0.717) is 49.8 Å². The van der Waals surface area contributed by atoms with Crippen LogP contribution in [0.25, 0.3) is 0 Å². The Kier molecular flexibility index (Phi) is 9.44. The zero-order chi connectivity index (χ0) is 41.3. The molecule has 10 nitrogen and oxygen atoms in total. The third kappa shape index (κ3) is 5.87. The number of phenolic OH excluding ortho intramolecular Hbond substituents is 1. The number of halogens is 2. The van der Waals surface area contributed by atoms with Crippen molar-refractivity contribution in [2.45, 2.75) is 31.1 Å². The molecule has 2 saturated heterocycles. The Hall–Kier alpha value is -6.23. The maximum absolute atomic E-state index is 15.5. The SMILES string of the molecule is COc1ccc([C@@]23C(=O)N(Nc4ccc(Cl)cc4Cl)C(=O)[C@@H]2C[C@@H]2C(=CC[C@@H]4C(=O)N(c5ccc(C(=O)c6ccccc6)cc5)C(=O)[C@@H]42)[C@@H]3c2cccc(C)c2O)cc1. The number of imide groups is 2. The zero-order valence-electron chi connectivity index (χ0n) is 31.9. The number of amides is 4. The number of methoxy groups -OCH3 is 1. The minimum absolute atomic E-state index is 0.0409. The lowest BCUT2D eigenvalue weighted by Gasteiger charge is -2.50. The first kappa shape index (κ1) is 38.3. The van der Waals surface area contributed by atoms with Gasteiger partial charge < -0.3 is 9.84 Å². The molecule has 1 saturated carbocycles. The topological polar surface area (TPSA) is 133 Å². The average molecular weight is 827 g/mol. The monoisotopic (exact) mass is 825 g/mol. The quantitative estimate of drug-likeness (QED) is 0.0906. The highest BCUT2D eigenvalue weighted by Gasteiger charge is 2.70. The van der Waals surface area contributed by atoms with Gasteiger partial charge in [-0.2, -0.15) is 5.01 Å². The summed E-state index contributed by atoms with van der Waals surface area (Å²) in [6.07, 6.45) is 2.18. The number of carbonyl (C=O) groups excluding carboxylic acids is 5. The Morgan fingerprint density at radius 1 is 0.814 bits per heavy atom. The second-order valence-electron chi connectivity index (χ2n) is 15.5. The third-order valence-corrected chi connectivity index (χ3v) is 13.1. The third-order valence-electron chi connectivity index (χ3n) is 12.6. The summed E-state index contributed by atoms with van der Waals surface area (Å²) in [5, 5.41) is 13.4. The number of hydrogen-bond donors (Lipinski definition) is 2. The molecule has 0 spiro atoms. The van der Waals surface area contributed by atoms with E-state index in [-0.39, 0.29) is 41.0 Å². The molecule has 12 heteroatoms. The van der Waals surface area contributed by atoms with Crippen molar-refractivity contribution in [1.29, 1.82) is 0 Å². The van der Waals surface area contributed by atoms with Crippen LogP contribution in [-0.2, 0) is 24.6 Å². The second-order valence-corrected chi connectivity index (χ2v) is 16.3. The molecule has 0 aromatic heterocycles. The first-order valence-electron chi connectivity index (χ1n) is 19.3. The van der Waals surface area contributed by atoms with Crippen LogP contribution in [0.5, 0.6) is 11.5 Å². The summed E-state index contributed by atoms with van der Waals surface area (Å²) in [5.74, 6) is -5.90. The number of aromatic hydroxyl groups is 1. The molecular formula is C47H37Cl2N3O7. The second kappa shape index (κ2) is 14.5. The van der Waals surface area contributed by atoms with Crippen LogP contribution < -0.4 is 15.1 Å². The van der Waals surface area contributed by atoms with Crippen molar-refractivity contribution in [3.63, 3.8) is 0 Å². The van der Waals surface area contributed by atoms with Crippen LogP contribution >= 0.6 is 23.2 Å². The van der Waals surface area contributed by atoms with Crippen molar-refractivity contribution >= 4 is 64.0 Å². The number of benzene rings is 5. The standard InChI is InChI=1S/C47H37Cl2N3O7/c1-25-7-6-10-34(41(25)53)40-32-20-21-33-39(45(57)51(43(33)55)30-16-11-27(12-17-30)42(54)26-8-4-3-5-9-26)35(32)24-36-44(56)52(50-38-22-15-29(48)23-37(38)49)46(58)47(36,40)28-13-18-31(59-2)19-14-28/h3-20,22-23,33,35-36,39-40,50,53H,21,24H2,1-2H3/t33-,35+,36-,39-,40+,47+/m0/s1. The zero-order valence-corrected chi connectivity index (χ0v) is 33.4. The average Bonchev–Trinajstić information content (AvgIpc) is 3.63. The van der Waals surface area contributed by atoms with E-state index in [1.54, 1.807) is 110 Å². The summed E-state index contributed by atoms with van der Waals surface area (Å²) >= 11 is 12.8. The van der Waals surface area contributed by atoms with Gasteiger partial charge in [0.05, 0.1) is 46.7 Å². The number of ether oxygens (including phenoxy) is 1. The maximum atomic E-state index is 15.5. The number of allylic oxidation sites excluding steroid dienone is 2. The fourth-order valence-corrected chi connectivity index (χ4v) is 10.3. The number of phenols is 1. The van der Waals surface area contributed by atoms with Crippen molar-refractivity contribution in [2.75, 3.05) is 17.4 Å². The van der Waals surface area contributed by atoms with Gasteiger partial charge in [-0.25, -0.2) is 0 Å². The van der Waals surface area contributed by atoms with E-state index in [4.69, 9.17) is 27.9 Å². The number of ketones is 1. The molecule has 9 rings (SSSR count). The van der Waals surface area contributed by atoms with Gasteiger partial charge in [0, 0.05) is 27.6 Å². The summed E-state index contributed by atoms with van der Waals surface area (Å²) < 4.78 is 5.48. The van der Waals surface area contributed by atoms with Gasteiger partial charge in [-0.15, -0.1) is 0 Å². The van der Waals surface area contributed by atoms with Crippen LogP contribution in [0, 0.1) is 30.6 Å². The van der Waals surface area contributed by atoms with E-state index in [9.17, 15) is 19.5 Å². The van der Waals surface area contributed by atoms with Gasteiger partial charge in [0.15, 0.2) is 5.78 Å². The van der Waals surface area contributed by atoms with Crippen LogP contribution in [0.2, 0.25) is 10.0 Å². The maximum Gasteiger partial charge on any atom is 0.260 e. The lowest BCUT2D eigenvalue weighted by atomic mass is 9.49. The Morgan fingerprint density at radius 2 is 1.53 bits per heavy atom. The van der Waals surface area contributed by atoms with Gasteiger partial charge >= 0.3 is 0 Å². The van der Waals surface area contributed by atoms with E-state index < -0.39 is 52.7 Å². The molecule has 0 radical (unpaired) electrons. The van der Waals surface area contributed by atoms with Crippen molar-refractivity contribution in [3.05, 3.63) is 165 Å². The molecule has 296 valence electrons. The largest absolute Gasteiger partial charge is 0.507 e. The van der Waals surface area contributed by atoms with Gasteiger partial charge in [0.1, 0.15) is 11.5 Å². The highest BCUT2D eigenvalue weighted by molar-refractivity contribution is 6.36. The molecule has 5 aromatic rings. The predicted molar refractivity (Wildman–Crippen MR) is 222 cm³/mol. The van der Waals surface area contributed by atoms with E-state index in [1.807, 2.05) is 12.1 Å². The minimum atomic E-state index is -1.62. The number of rotatable bonds is 8. The minimum Gasteiger partial charge on any atom is -0.507 e. The molecule has 2 N–H and O–H groups in total. The van der Waals surface area contributed by atoms with E-state index >= 15 is 9.59 Å². The number of nitrogens with zero attached hydrogens (tertiary/aromatic N) is 2. The normalized spacial score (nSPS) is 24.7. The summed E-state index contributed by atoms with van der Waals surface area (Å²) in [4.78, 5) is 74.0. The van der Waals surface area contributed by atoms with Crippen LogP contribution in [0.15, 0.2) is 127 Å². The Morgan fingerprint density at radius 3 is 2.22 bits per heavy atom. The summed E-state index contributed by atoms with van der Waals surface area (Å²) in [6.45, 7) is 1.76. The number of anilines is 2. The summed E-state index contributed by atoms with van der Waals surface area (Å²) in [7, 11) is 1.53. The lowest BCUT2D eigenvalue weighted by molar-refractivity contribution is -0.138. The van der Waals surface area contributed by atoms with Crippen molar-refractivity contribution in [1.82, 2.24) is 5.01 Å². The molecular weight excluding hydrogens is 789 g/mol. The number of carbonyl (C=O) groups is 5. The molecule has 59 heavy (non-hydrogen) atoms. The first-order chi connectivity index (χ1) is 28.4. The summed E-state index contributed by atoms with van der Waals surface area (Å²) in [5.41, 5.74) is 5.08. The molecule has 2 aliphatic carbocycles. The smallest absolute Gasteiger partial charge is 0.260 e. The highest BCUT2D eigenvalue weighted by atomic mass is 35.5. The van der Waals surface area contributed by atoms with Crippen LogP contribution in [-0.4, -0.2) is 46.6 Å². The fourth-order valence-electron chi connectivity index (χ4n) is 9.88. The molecule has 6 atom stereocenters. The first-order valence-corrected chi connectivity index (χ1v) is 20.0. The molecule has 4 amide bonds. The van der Waals surface area contributed by atoms with Crippen LogP contribution in [0.4, 0.5) is 11.4 Å². The number of hydrogen-bond acceptors (Lipinski definition) is 8. The summed E-state index contributed by atoms with van der Waals surface area (Å²) in [6, 6.07) is 32.2. The van der Waals surface area contributed by atoms with Gasteiger partial charge in [-0.1, -0.05) is 95.5 Å². The number of hydrazine groups is 1. The van der Waals surface area contributed by atoms with Crippen molar-refractivity contribution in [2.24, 2.45) is 23.7 Å². The molecule has 3 fully saturated rings. The number of aryl methyl sites for hydroxylation is 1. The Balaban J connectivity index is 1.17. The van der Waals surface area contributed by atoms with Crippen LogP contribution in [0.1, 0.15) is 51.4 Å². The van der Waals surface area contributed by atoms with E-state index in [0.717, 1.165) is 5.01 Å². The number of nitrogens with one attached hydrogen (secondary N) is 1. The van der Waals surface area contributed by atoms with Gasteiger partial charge in [-0.3, -0.25) is 34.3 Å². The van der Waals surface area contributed by atoms with Crippen molar-refractivity contribution in [3.8, 4) is 11.5 Å². The number of para-hydroxylation sites is 1. The molecule has 2 heterocycles. The Labute approximate surface area is 350 Å². The van der Waals surface area contributed by atoms with Gasteiger partial charge in [0.25, 0.3) is 11.8 Å². The molecule has 4 aliphatic rings. The van der Waals surface area contributed by atoms with Crippen molar-refractivity contribution < 1.29 is 33.8 Å². The molecule has 0 bridgehead atoms. The van der Waals surface area contributed by atoms with Gasteiger partial charge in [-0.05, 0) is 91.4 Å². The lowest BCUT2D eigenvalue weighted by Crippen LogP contribution is -2.53. The van der Waals surface area contributed by atoms with E-state index in [1.165, 1.54) is 18.1 Å². The molecule has 5 aromatic carbocycles. The van der Waals surface area contributed by atoms with Crippen LogP contribution in [0.3, 0.4) is 0 Å². The fraction of sp³-hybridized carbons (Fsp3) is 0.213. The van der Waals surface area contributed by atoms with Gasteiger partial charge in [0.2, 0.25) is 11.8 Å².